The molecular formula is C30H48N7O16P. The van der Waals surface area contributed by atoms with E-state index in [9.17, 15) is 59.6 Å². The number of aromatic nitrogens is 5. The number of amides is 1. The number of nitrogens with two attached hydrogens (primary N) is 1. The Morgan fingerprint density at radius 3 is 2.52 bits per heavy atom. The van der Waals surface area contributed by atoms with Crippen LogP contribution in [0.15, 0.2) is 23.3 Å². The van der Waals surface area contributed by atoms with Crippen LogP contribution in [0.5, 0.6) is 0 Å². The average molecular weight is 794 g/mol. The predicted octanol–water partition coefficient (Wildman–Crippen LogP) is -2.72. The van der Waals surface area contributed by atoms with Crippen molar-refractivity contribution in [2.24, 2.45) is 5.92 Å². The van der Waals surface area contributed by atoms with E-state index in [0.717, 1.165) is 41.6 Å². The first kappa shape index (κ1) is 43.3. The van der Waals surface area contributed by atoms with Gasteiger partial charge in [-0.25, -0.2) is 23.4 Å². The van der Waals surface area contributed by atoms with Crippen molar-refractivity contribution in [2.45, 2.75) is 126 Å². The molecule has 54 heavy (non-hydrogen) atoms. The molecule has 23 nitrogen and oxygen atoms in total. The molecule has 0 saturated carbocycles. The fourth-order valence-electron chi connectivity index (χ4n) is 6.34. The molecule has 304 valence electrons. The van der Waals surface area contributed by atoms with Crippen LogP contribution in [0, 0.1) is 5.92 Å². The molecular weight excluding hydrogens is 745 g/mol. The van der Waals surface area contributed by atoms with Crippen molar-refractivity contribution in [3.8, 4) is 0 Å². The number of aliphatic hydroxyl groups is 6. The van der Waals surface area contributed by atoms with Gasteiger partial charge in [0.25, 0.3) is 5.79 Å². The molecule has 4 rings (SSSR count). The number of aliphatic hydroxyl groups excluding tert-OH is 6. The monoisotopic (exact) mass is 793 g/mol. The molecule has 0 spiro atoms. The summed E-state index contributed by atoms with van der Waals surface area (Å²) in [7, 11) is -5.59. The maximum absolute atomic E-state index is 13.2. The fraction of sp³-hybridized carbons (Fsp3) is 0.733. The second-order valence-corrected chi connectivity index (χ2v) is 14.6. The maximum Gasteiger partial charge on any atom is 0.475 e. The lowest BCUT2D eigenvalue weighted by atomic mass is 9.88. The van der Waals surface area contributed by atoms with E-state index in [2.05, 4.69) is 20.6 Å². The second-order valence-electron chi connectivity index (χ2n) is 13.3. The first-order valence-electron chi connectivity index (χ1n) is 17.2. The minimum atomic E-state index is -5.59. The number of aliphatic carboxylic acids is 1. The summed E-state index contributed by atoms with van der Waals surface area (Å²) < 4.78 is 35.9. The van der Waals surface area contributed by atoms with Gasteiger partial charge in [0.1, 0.15) is 54.2 Å². The highest BCUT2D eigenvalue weighted by atomic mass is 31.2. The van der Waals surface area contributed by atoms with Crippen LogP contribution >= 0.6 is 7.82 Å². The Morgan fingerprint density at radius 1 is 1.20 bits per heavy atom. The smallest absolute Gasteiger partial charge is 0.475 e. The summed E-state index contributed by atoms with van der Waals surface area (Å²) in [6.07, 6.45) is -11.1. The van der Waals surface area contributed by atoms with Gasteiger partial charge >= 0.3 is 19.5 Å². The predicted molar refractivity (Wildman–Crippen MR) is 179 cm³/mol. The molecule has 1 amide bonds. The number of carbonyl (C=O) groups is 2. The van der Waals surface area contributed by atoms with E-state index in [1.807, 2.05) is 13.8 Å². The van der Waals surface area contributed by atoms with Crippen molar-refractivity contribution in [1.29, 1.82) is 0 Å². The van der Waals surface area contributed by atoms with Crippen molar-refractivity contribution < 1.29 is 73.3 Å². The van der Waals surface area contributed by atoms with E-state index in [4.69, 9.17) is 24.3 Å². The van der Waals surface area contributed by atoms with Crippen molar-refractivity contribution in [3.05, 3.63) is 34.6 Å². The van der Waals surface area contributed by atoms with E-state index >= 15 is 0 Å². The molecule has 11 N–H and O–H groups in total. The summed E-state index contributed by atoms with van der Waals surface area (Å²) in [5.74, 6) is -6.35. The summed E-state index contributed by atoms with van der Waals surface area (Å²) >= 11 is 0. The molecule has 0 aliphatic carbocycles. The molecule has 3 unspecified atom stereocenters. The third kappa shape index (κ3) is 10.0. The zero-order chi connectivity index (χ0) is 40.1. The van der Waals surface area contributed by atoms with E-state index in [1.165, 1.54) is 12.3 Å². The molecule has 13 atom stereocenters. The van der Waals surface area contributed by atoms with Crippen LogP contribution in [0.2, 0.25) is 0 Å². The Labute approximate surface area is 307 Å². The molecule has 2 aromatic rings. The number of carboxylic acid groups (broad SMARTS) is 1. The number of carbonyl (C=O) groups excluding carboxylic acids is 1. The van der Waals surface area contributed by atoms with Crippen LogP contribution in [-0.4, -0.2) is 138 Å². The Bertz CT molecular complexity index is 1700. The highest BCUT2D eigenvalue weighted by Crippen LogP contribution is 2.51. The van der Waals surface area contributed by atoms with Gasteiger partial charge in [0.15, 0.2) is 6.23 Å². The highest BCUT2D eigenvalue weighted by Gasteiger charge is 2.59. The standard InChI is InChI=1S/C30H48N7O16P/c1-4-6-7-15(5-2)22(41)16-11-36(35-34-16)12-18(40)23(42)26-21(32-14(3)38)17(39)10-30(52-26,28(45)46)53-54(48,49)50-13-19-24(43)25(44)27(51-19)37-9-8-20(31)33-29(37)47/h8-9,11,15,17-19,21-27,39-44H,4-7,10,12-13H2,1-3H3,(H,32,38)(H,45,46)(H,48,49)(H2,31,33,47)/t15?,17-,18+,19+,21+,22?,23+,24+,25+,26+,27+,30+/m0/s1. The Kier molecular flexibility index (Phi) is 14.4. The number of hydrogen-bond acceptors (Lipinski definition) is 18. The first-order chi connectivity index (χ1) is 25.3. The number of nitrogens with one attached hydrogen (secondary N) is 1. The lowest BCUT2D eigenvalue weighted by molar-refractivity contribution is -0.288. The van der Waals surface area contributed by atoms with E-state index in [-0.39, 0.29) is 17.4 Å². The van der Waals surface area contributed by atoms with Crippen molar-refractivity contribution in [1.82, 2.24) is 29.9 Å². The van der Waals surface area contributed by atoms with Gasteiger partial charge in [0.2, 0.25) is 5.91 Å². The maximum atomic E-state index is 13.2. The van der Waals surface area contributed by atoms with E-state index < -0.39 is 112 Å². The van der Waals surface area contributed by atoms with E-state index in [1.54, 1.807) is 0 Å². The van der Waals surface area contributed by atoms with Crippen LogP contribution in [0.25, 0.3) is 0 Å². The summed E-state index contributed by atoms with van der Waals surface area (Å²) in [5, 5.41) is 85.4. The van der Waals surface area contributed by atoms with Crippen LogP contribution < -0.4 is 16.7 Å². The molecule has 2 aromatic heterocycles. The van der Waals surface area contributed by atoms with Gasteiger partial charge in [-0.15, -0.1) is 5.10 Å². The highest BCUT2D eigenvalue weighted by molar-refractivity contribution is 7.47. The Balaban J connectivity index is 1.50. The fourth-order valence-corrected chi connectivity index (χ4v) is 7.30. The summed E-state index contributed by atoms with van der Waals surface area (Å²) in [6.45, 7) is 3.45. The van der Waals surface area contributed by atoms with Gasteiger partial charge in [0.05, 0.1) is 31.5 Å². The number of phosphoric acid groups is 1. The number of hydrogen-bond donors (Lipinski definition) is 10. The molecule has 24 heteroatoms. The number of ether oxygens (including phenoxy) is 2. The van der Waals surface area contributed by atoms with Gasteiger partial charge in [-0.05, 0) is 18.4 Å². The van der Waals surface area contributed by atoms with E-state index in [0.29, 0.717) is 6.42 Å². The molecule has 0 bridgehead atoms. The van der Waals surface area contributed by atoms with Crippen LogP contribution in [0.4, 0.5) is 5.82 Å². The average Bonchev–Trinajstić information content (AvgIpc) is 3.68. The van der Waals surface area contributed by atoms with Gasteiger partial charge in [-0.1, -0.05) is 38.3 Å². The molecule has 4 heterocycles. The zero-order valence-corrected chi connectivity index (χ0v) is 30.5. The van der Waals surface area contributed by atoms with Crippen LogP contribution in [0.3, 0.4) is 0 Å². The quantitative estimate of drug-likeness (QED) is 0.0685. The lowest BCUT2D eigenvalue weighted by Crippen LogP contribution is -2.67. The number of rotatable bonds is 18. The number of unbranched alkanes of at least 4 members (excludes halogenated alkanes) is 1. The minimum Gasteiger partial charge on any atom is -0.477 e. The third-order valence-electron chi connectivity index (χ3n) is 9.26. The largest absolute Gasteiger partial charge is 0.477 e. The zero-order valence-electron chi connectivity index (χ0n) is 29.6. The minimum absolute atomic E-state index is 0.116. The lowest BCUT2D eigenvalue weighted by Gasteiger charge is -2.46. The Morgan fingerprint density at radius 2 is 1.91 bits per heavy atom. The van der Waals surface area contributed by atoms with Gasteiger partial charge in [0, 0.05) is 19.5 Å². The molecule has 2 fully saturated rings. The number of nitrogens with zero attached hydrogens (tertiary/aromatic N) is 5. The number of carboxylic acids is 1. The molecule has 2 aliphatic rings. The normalized spacial score (nSPS) is 30.6. The van der Waals surface area contributed by atoms with Crippen molar-refractivity contribution in [3.63, 3.8) is 0 Å². The SMILES string of the molecule is CCCCC(CC)C(O)c1cn(C[C@@H](O)[C@@H](O)[C@@H]2O[C@](OP(=O)(O)OC[C@H]3O[C@@H](n4ccc(N)nc4=O)[C@H](O)[C@@H]3O)(C(=O)O)C[C@H](O)[C@H]2NC(C)=O)nn1. The third-order valence-corrected chi connectivity index (χ3v) is 10.3. The van der Waals surface area contributed by atoms with Gasteiger partial charge in [-0.3, -0.25) is 13.9 Å². The van der Waals surface area contributed by atoms with Crippen LogP contribution in [-0.2, 0) is 39.2 Å². The number of nitrogen functional groups attached to an aromatic ring is 1. The molecule has 0 aromatic carbocycles. The van der Waals surface area contributed by atoms with Crippen molar-refractivity contribution >= 4 is 25.5 Å². The van der Waals surface area contributed by atoms with Crippen LogP contribution in [0.1, 0.15) is 70.9 Å². The number of anilines is 1. The van der Waals surface area contributed by atoms with Gasteiger partial charge in [-0.2, -0.15) is 4.98 Å². The second kappa shape index (κ2) is 18.0. The topological polar surface area (TPSA) is 354 Å². The van der Waals surface area contributed by atoms with Crippen molar-refractivity contribution in [2.75, 3.05) is 12.3 Å². The summed E-state index contributed by atoms with van der Waals surface area (Å²) in [4.78, 5) is 51.0. The first-order valence-corrected chi connectivity index (χ1v) is 18.7. The summed E-state index contributed by atoms with van der Waals surface area (Å²) in [6, 6.07) is -0.383. The molecule has 2 aliphatic heterocycles. The Hall–Kier alpha value is -3.45. The number of phosphoric ester groups is 1. The molecule has 0 radical (unpaired) electrons. The molecule has 2 saturated heterocycles. The summed E-state index contributed by atoms with van der Waals surface area (Å²) in [5.41, 5.74) is 4.72. The van der Waals surface area contributed by atoms with Gasteiger partial charge < -0.3 is 61.2 Å².